The predicted octanol–water partition coefficient (Wildman–Crippen LogP) is 0.641. The molecule has 0 aromatic carbocycles. The smallest absolute Gasteiger partial charge is 0.272 e. The van der Waals surface area contributed by atoms with Crippen molar-refractivity contribution in [3.8, 4) is 0 Å². The summed E-state index contributed by atoms with van der Waals surface area (Å²) in [5, 5.41) is 2.84. The average Bonchev–Trinajstić information content (AvgIpc) is 2.68. The van der Waals surface area contributed by atoms with Crippen molar-refractivity contribution < 1.29 is 4.79 Å². The topological polar surface area (TPSA) is 80.9 Å². The van der Waals surface area contributed by atoms with Crippen LogP contribution in [0.1, 0.15) is 30.8 Å². The Kier molecular flexibility index (Phi) is 4.64. The molecule has 1 atom stereocenters. The molecule has 0 fully saturated rings. The van der Waals surface area contributed by atoms with Gasteiger partial charge in [0, 0.05) is 12.6 Å². The van der Waals surface area contributed by atoms with E-state index < -0.39 is 0 Å². The minimum absolute atomic E-state index is 0.0131. The molecule has 1 aromatic rings. The second-order valence-electron chi connectivity index (χ2n) is 3.83. The summed E-state index contributed by atoms with van der Waals surface area (Å²) in [6.07, 6.45) is 2.34. The second-order valence-corrected chi connectivity index (χ2v) is 4.39. The molecule has 1 amide bonds. The zero-order valence-electron chi connectivity index (χ0n) is 8.93. The molecule has 0 radical (unpaired) electrons. The molecule has 1 unspecified atom stereocenters. The SMILES string of the molecule is CC(C)CC(CN)NC(=O)c1cnsn1. The van der Waals surface area contributed by atoms with Crippen LogP contribution in [0.25, 0.3) is 0 Å². The number of nitrogens with two attached hydrogens (primary N) is 1. The lowest BCUT2D eigenvalue weighted by Crippen LogP contribution is -2.41. The Bertz CT molecular complexity index is 299. The van der Waals surface area contributed by atoms with E-state index in [1.54, 1.807) is 0 Å². The first kappa shape index (κ1) is 12.1. The number of carbonyl (C=O) groups excluding carboxylic acids is 1. The molecule has 6 heteroatoms. The Labute approximate surface area is 93.4 Å². The van der Waals surface area contributed by atoms with Gasteiger partial charge in [0.2, 0.25) is 0 Å². The molecule has 0 aliphatic heterocycles. The first-order chi connectivity index (χ1) is 7.13. The van der Waals surface area contributed by atoms with Gasteiger partial charge in [-0.2, -0.15) is 8.75 Å². The molecule has 1 aromatic heterocycles. The van der Waals surface area contributed by atoms with E-state index in [1.165, 1.54) is 6.20 Å². The molecule has 0 saturated heterocycles. The van der Waals surface area contributed by atoms with Crippen LogP contribution in [0.4, 0.5) is 0 Å². The van der Waals surface area contributed by atoms with E-state index in [9.17, 15) is 4.79 Å². The summed E-state index contributed by atoms with van der Waals surface area (Å²) in [6.45, 7) is 4.64. The number of hydrogen-bond acceptors (Lipinski definition) is 5. The Balaban J connectivity index is 2.48. The summed E-state index contributed by atoms with van der Waals surface area (Å²) in [5.41, 5.74) is 5.94. The number of amides is 1. The van der Waals surface area contributed by atoms with Crippen LogP contribution in [-0.4, -0.2) is 27.2 Å². The molecule has 0 saturated carbocycles. The molecule has 0 aliphatic carbocycles. The monoisotopic (exact) mass is 228 g/mol. The molecule has 3 N–H and O–H groups in total. The van der Waals surface area contributed by atoms with Crippen molar-refractivity contribution in [2.45, 2.75) is 26.3 Å². The molecular weight excluding hydrogens is 212 g/mol. The van der Waals surface area contributed by atoms with Crippen LogP contribution in [-0.2, 0) is 0 Å². The van der Waals surface area contributed by atoms with Crippen molar-refractivity contribution in [3.05, 3.63) is 11.9 Å². The van der Waals surface area contributed by atoms with Gasteiger partial charge >= 0.3 is 0 Å². The van der Waals surface area contributed by atoms with E-state index in [2.05, 4.69) is 27.9 Å². The fourth-order valence-corrected chi connectivity index (χ4v) is 1.72. The summed E-state index contributed by atoms with van der Waals surface area (Å²) in [7, 11) is 0. The molecule has 0 spiro atoms. The molecule has 0 bridgehead atoms. The van der Waals surface area contributed by atoms with Gasteiger partial charge in [-0.05, 0) is 12.3 Å². The van der Waals surface area contributed by atoms with Gasteiger partial charge in [-0.1, -0.05) is 13.8 Å². The van der Waals surface area contributed by atoms with Crippen LogP contribution in [0, 0.1) is 5.92 Å². The molecular formula is C9H16N4OS. The van der Waals surface area contributed by atoms with Crippen LogP contribution in [0.2, 0.25) is 0 Å². The average molecular weight is 228 g/mol. The predicted molar refractivity (Wildman–Crippen MR) is 59.7 cm³/mol. The second kappa shape index (κ2) is 5.77. The minimum atomic E-state index is -0.195. The maximum atomic E-state index is 11.6. The highest BCUT2D eigenvalue weighted by molar-refractivity contribution is 6.99. The molecule has 84 valence electrons. The standard InChI is InChI=1S/C9H16N4OS/c1-6(2)3-7(4-10)12-9(14)8-5-11-15-13-8/h5-7H,3-4,10H2,1-2H3,(H,12,14). The Morgan fingerprint density at radius 3 is 2.87 bits per heavy atom. The van der Waals surface area contributed by atoms with Crippen LogP contribution < -0.4 is 11.1 Å². The highest BCUT2D eigenvalue weighted by Crippen LogP contribution is 2.04. The van der Waals surface area contributed by atoms with Crippen LogP contribution in [0.3, 0.4) is 0 Å². The van der Waals surface area contributed by atoms with Gasteiger partial charge < -0.3 is 11.1 Å². The zero-order chi connectivity index (χ0) is 11.3. The van der Waals surface area contributed by atoms with Gasteiger partial charge in [0.05, 0.1) is 17.9 Å². The van der Waals surface area contributed by atoms with Crippen molar-refractivity contribution in [2.75, 3.05) is 6.54 Å². The summed E-state index contributed by atoms with van der Waals surface area (Å²) >= 11 is 1.02. The highest BCUT2D eigenvalue weighted by atomic mass is 32.1. The molecule has 1 heterocycles. The summed E-state index contributed by atoms with van der Waals surface area (Å²) in [5.74, 6) is 0.312. The molecule has 5 nitrogen and oxygen atoms in total. The van der Waals surface area contributed by atoms with Crippen molar-refractivity contribution in [1.82, 2.24) is 14.1 Å². The number of aromatic nitrogens is 2. The molecule has 1 rings (SSSR count). The normalized spacial score (nSPS) is 12.8. The number of hydrogen-bond donors (Lipinski definition) is 2. The Hall–Kier alpha value is -1.01. The first-order valence-electron chi connectivity index (χ1n) is 4.92. The third kappa shape index (κ3) is 3.93. The van der Waals surface area contributed by atoms with Crippen molar-refractivity contribution >= 4 is 17.6 Å². The number of nitrogens with one attached hydrogen (secondary N) is 1. The quantitative estimate of drug-likeness (QED) is 0.775. The summed E-state index contributed by atoms with van der Waals surface area (Å²) < 4.78 is 7.64. The van der Waals surface area contributed by atoms with Gasteiger partial charge in [-0.25, -0.2) is 0 Å². The largest absolute Gasteiger partial charge is 0.347 e. The van der Waals surface area contributed by atoms with E-state index >= 15 is 0 Å². The van der Waals surface area contributed by atoms with Crippen LogP contribution in [0.15, 0.2) is 6.20 Å². The van der Waals surface area contributed by atoms with Gasteiger partial charge in [-0.3, -0.25) is 4.79 Å². The highest BCUT2D eigenvalue weighted by Gasteiger charge is 2.15. The lowest BCUT2D eigenvalue weighted by atomic mass is 10.0. The molecule has 15 heavy (non-hydrogen) atoms. The number of carbonyl (C=O) groups is 1. The first-order valence-corrected chi connectivity index (χ1v) is 5.65. The van der Waals surface area contributed by atoms with Gasteiger partial charge in [0.15, 0.2) is 5.69 Å². The van der Waals surface area contributed by atoms with E-state index in [0.717, 1.165) is 18.1 Å². The number of rotatable bonds is 5. The minimum Gasteiger partial charge on any atom is -0.347 e. The lowest BCUT2D eigenvalue weighted by molar-refractivity contribution is 0.0929. The van der Waals surface area contributed by atoms with Gasteiger partial charge in [0.25, 0.3) is 5.91 Å². The lowest BCUT2D eigenvalue weighted by Gasteiger charge is -2.17. The van der Waals surface area contributed by atoms with E-state index in [1.807, 2.05) is 0 Å². The zero-order valence-corrected chi connectivity index (χ0v) is 9.75. The van der Waals surface area contributed by atoms with Crippen LogP contribution in [0.5, 0.6) is 0 Å². The van der Waals surface area contributed by atoms with E-state index in [4.69, 9.17) is 5.73 Å². The van der Waals surface area contributed by atoms with Crippen LogP contribution >= 0.6 is 11.7 Å². The van der Waals surface area contributed by atoms with Gasteiger partial charge in [-0.15, -0.1) is 0 Å². The third-order valence-corrected chi connectivity index (χ3v) is 2.45. The number of nitrogens with zero attached hydrogens (tertiary/aromatic N) is 2. The van der Waals surface area contributed by atoms with Crippen molar-refractivity contribution in [1.29, 1.82) is 0 Å². The fourth-order valence-electron chi connectivity index (χ4n) is 1.31. The Morgan fingerprint density at radius 1 is 1.67 bits per heavy atom. The molecule has 0 aliphatic rings. The fraction of sp³-hybridized carbons (Fsp3) is 0.667. The van der Waals surface area contributed by atoms with Crippen molar-refractivity contribution in [3.63, 3.8) is 0 Å². The Morgan fingerprint density at radius 2 is 2.40 bits per heavy atom. The summed E-state index contributed by atoms with van der Waals surface area (Å²) in [6, 6.07) is 0.0131. The maximum Gasteiger partial charge on any atom is 0.272 e. The van der Waals surface area contributed by atoms with Crippen molar-refractivity contribution in [2.24, 2.45) is 11.7 Å². The van der Waals surface area contributed by atoms with E-state index in [-0.39, 0.29) is 11.9 Å². The van der Waals surface area contributed by atoms with Gasteiger partial charge in [0.1, 0.15) is 0 Å². The van der Waals surface area contributed by atoms with E-state index in [0.29, 0.717) is 18.2 Å². The third-order valence-electron chi connectivity index (χ3n) is 1.97. The maximum absolute atomic E-state index is 11.6. The summed E-state index contributed by atoms with van der Waals surface area (Å²) in [4.78, 5) is 11.6.